The second-order valence-electron chi connectivity index (χ2n) is 4.17. The number of amides is 1. The summed E-state index contributed by atoms with van der Waals surface area (Å²) >= 11 is 0. The number of nitrogen functional groups attached to an aromatic ring is 1. The second kappa shape index (κ2) is 8.60. The number of methoxy groups -OCH3 is 1. The van der Waals surface area contributed by atoms with Gasteiger partial charge in [0.2, 0.25) is 0 Å². The Kier molecular flexibility index (Phi) is 7.06. The average Bonchev–Trinajstić information content (AvgIpc) is 2.44. The van der Waals surface area contributed by atoms with Crippen LogP contribution in [0.25, 0.3) is 0 Å². The zero-order chi connectivity index (χ0) is 14.1. The molecule has 0 saturated carbocycles. The van der Waals surface area contributed by atoms with Crippen molar-refractivity contribution in [2.75, 3.05) is 33.4 Å². The van der Waals surface area contributed by atoms with E-state index in [1.54, 1.807) is 19.2 Å². The van der Waals surface area contributed by atoms with Gasteiger partial charge in [-0.25, -0.2) is 5.84 Å². The smallest absolute Gasteiger partial charge is 0.265 e. The van der Waals surface area contributed by atoms with Gasteiger partial charge in [0.25, 0.3) is 5.91 Å². The van der Waals surface area contributed by atoms with Crippen molar-refractivity contribution in [1.29, 1.82) is 0 Å². The summed E-state index contributed by atoms with van der Waals surface area (Å²) in [6.45, 7) is 2.63. The van der Waals surface area contributed by atoms with Crippen LogP contribution in [0.5, 0.6) is 0 Å². The number of nitrogens with one attached hydrogen (secondary N) is 1. The summed E-state index contributed by atoms with van der Waals surface area (Å²) in [5.41, 5.74) is 3.62. The molecule has 0 atom stereocenters. The van der Waals surface area contributed by atoms with Gasteiger partial charge >= 0.3 is 0 Å². The zero-order valence-corrected chi connectivity index (χ0v) is 11.1. The molecule has 0 bridgehead atoms. The molecule has 0 aliphatic rings. The van der Waals surface area contributed by atoms with Crippen molar-refractivity contribution in [2.45, 2.75) is 6.54 Å². The van der Waals surface area contributed by atoms with E-state index in [4.69, 9.17) is 15.7 Å². The molecular weight excluding hydrogens is 246 g/mol. The SMILES string of the molecule is COCCN(CCO)Cc1cccc(C(=O)NN)c1. The highest BCUT2D eigenvalue weighted by Crippen LogP contribution is 2.08. The van der Waals surface area contributed by atoms with Gasteiger partial charge in [-0.15, -0.1) is 0 Å². The number of hydrogen-bond acceptors (Lipinski definition) is 5. The van der Waals surface area contributed by atoms with Gasteiger partial charge in [-0.2, -0.15) is 0 Å². The maximum absolute atomic E-state index is 11.4. The van der Waals surface area contributed by atoms with Gasteiger partial charge in [-0.1, -0.05) is 12.1 Å². The lowest BCUT2D eigenvalue weighted by Gasteiger charge is -2.21. The van der Waals surface area contributed by atoms with Crippen LogP contribution in [-0.4, -0.2) is 49.3 Å². The molecule has 1 amide bonds. The third kappa shape index (κ3) is 5.35. The summed E-state index contributed by atoms with van der Waals surface area (Å²) in [6.07, 6.45) is 0. The molecule has 0 fully saturated rings. The maximum atomic E-state index is 11.4. The second-order valence-corrected chi connectivity index (χ2v) is 4.17. The van der Waals surface area contributed by atoms with Crippen molar-refractivity contribution in [2.24, 2.45) is 5.84 Å². The van der Waals surface area contributed by atoms with E-state index >= 15 is 0 Å². The Labute approximate surface area is 113 Å². The summed E-state index contributed by atoms with van der Waals surface area (Å²) in [5.74, 6) is 4.80. The molecule has 6 nitrogen and oxygen atoms in total. The summed E-state index contributed by atoms with van der Waals surface area (Å²) in [7, 11) is 1.64. The Morgan fingerprint density at radius 3 is 2.89 bits per heavy atom. The number of hydrazine groups is 1. The van der Waals surface area contributed by atoms with Crippen molar-refractivity contribution in [3.05, 3.63) is 35.4 Å². The number of aliphatic hydroxyl groups excluding tert-OH is 1. The van der Waals surface area contributed by atoms with E-state index < -0.39 is 0 Å². The van der Waals surface area contributed by atoms with Crippen molar-refractivity contribution in [1.82, 2.24) is 10.3 Å². The van der Waals surface area contributed by atoms with E-state index in [0.717, 1.165) is 12.1 Å². The first-order chi connectivity index (χ1) is 9.21. The molecule has 6 heteroatoms. The molecule has 1 aromatic carbocycles. The van der Waals surface area contributed by atoms with E-state index in [0.29, 0.717) is 25.3 Å². The van der Waals surface area contributed by atoms with E-state index in [1.807, 2.05) is 12.1 Å². The molecule has 0 saturated heterocycles. The van der Waals surface area contributed by atoms with Crippen LogP contribution in [0.15, 0.2) is 24.3 Å². The number of benzene rings is 1. The molecule has 19 heavy (non-hydrogen) atoms. The van der Waals surface area contributed by atoms with Crippen LogP contribution in [0, 0.1) is 0 Å². The predicted molar refractivity (Wildman–Crippen MR) is 72.3 cm³/mol. The van der Waals surface area contributed by atoms with Crippen LogP contribution in [0.3, 0.4) is 0 Å². The lowest BCUT2D eigenvalue weighted by Crippen LogP contribution is -2.31. The van der Waals surface area contributed by atoms with E-state index in [9.17, 15) is 4.79 Å². The summed E-state index contributed by atoms with van der Waals surface area (Å²) in [5, 5.41) is 9.03. The molecule has 0 unspecified atom stereocenters. The Bertz CT molecular complexity index is 398. The number of aliphatic hydroxyl groups is 1. The third-order valence-corrected chi connectivity index (χ3v) is 2.75. The normalized spacial score (nSPS) is 10.7. The van der Waals surface area contributed by atoms with Crippen molar-refractivity contribution in [3.8, 4) is 0 Å². The van der Waals surface area contributed by atoms with Crippen molar-refractivity contribution >= 4 is 5.91 Å². The zero-order valence-electron chi connectivity index (χ0n) is 11.1. The van der Waals surface area contributed by atoms with Gasteiger partial charge in [-0.05, 0) is 17.7 Å². The Balaban J connectivity index is 2.69. The summed E-state index contributed by atoms with van der Waals surface area (Å²) in [4.78, 5) is 13.5. The molecule has 1 rings (SSSR count). The number of nitrogens with two attached hydrogens (primary N) is 1. The van der Waals surface area contributed by atoms with Crippen LogP contribution in [0.1, 0.15) is 15.9 Å². The lowest BCUT2D eigenvalue weighted by molar-refractivity contribution is 0.0953. The molecular formula is C13H21N3O3. The van der Waals surface area contributed by atoms with Gasteiger partial charge < -0.3 is 9.84 Å². The number of carbonyl (C=O) groups excluding carboxylic acids is 1. The Morgan fingerprint density at radius 1 is 1.47 bits per heavy atom. The predicted octanol–water partition coefficient (Wildman–Crippen LogP) is -0.269. The molecule has 0 heterocycles. The van der Waals surface area contributed by atoms with Crippen LogP contribution < -0.4 is 11.3 Å². The maximum Gasteiger partial charge on any atom is 0.265 e. The first-order valence-electron chi connectivity index (χ1n) is 6.13. The Morgan fingerprint density at radius 2 is 2.26 bits per heavy atom. The molecule has 1 aromatic rings. The molecule has 4 N–H and O–H groups in total. The number of hydrogen-bond donors (Lipinski definition) is 3. The number of rotatable bonds is 8. The van der Waals surface area contributed by atoms with E-state index in [-0.39, 0.29) is 12.5 Å². The number of ether oxygens (including phenoxy) is 1. The number of nitrogens with zero attached hydrogens (tertiary/aromatic N) is 1. The lowest BCUT2D eigenvalue weighted by atomic mass is 10.1. The highest BCUT2D eigenvalue weighted by atomic mass is 16.5. The highest BCUT2D eigenvalue weighted by Gasteiger charge is 2.08. The van der Waals surface area contributed by atoms with Crippen LogP contribution in [0.2, 0.25) is 0 Å². The topological polar surface area (TPSA) is 87.8 Å². The van der Waals surface area contributed by atoms with Gasteiger partial charge in [-0.3, -0.25) is 15.1 Å². The molecule has 0 aliphatic carbocycles. The average molecular weight is 267 g/mol. The van der Waals surface area contributed by atoms with Crippen LogP contribution >= 0.6 is 0 Å². The molecule has 0 aromatic heterocycles. The highest BCUT2D eigenvalue weighted by molar-refractivity contribution is 5.93. The van der Waals surface area contributed by atoms with Crippen LogP contribution in [-0.2, 0) is 11.3 Å². The van der Waals surface area contributed by atoms with Crippen molar-refractivity contribution < 1.29 is 14.6 Å². The van der Waals surface area contributed by atoms with Gasteiger partial charge in [0.15, 0.2) is 0 Å². The van der Waals surface area contributed by atoms with Gasteiger partial charge in [0.1, 0.15) is 0 Å². The monoisotopic (exact) mass is 267 g/mol. The molecule has 0 spiro atoms. The summed E-state index contributed by atoms with van der Waals surface area (Å²) < 4.78 is 5.03. The van der Waals surface area contributed by atoms with Crippen molar-refractivity contribution in [3.63, 3.8) is 0 Å². The molecule has 0 aliphatic heterocycles. The minimum Gasteiger partial charge on any atom is -0.395 e. The third-order valence-electron chi connectivity index (χ3n) is 2.75. The van der Waals surface area contributed by atoms with E-state index in [1.165, 1.54) is 0 Å². The largest absolute Gasteiger partial charge is 0.395 e. The Hall–Kier alpha value is -1.47. The first-order valence-corrected chi connectivity index (χ1v) is 6.13. The standard InChI is InChI=1S/C13H21N3O3/c1-19-8-6-16(5-7-17)10-11-3-2-4-12(9-11)13(18)15-14/h2-4,9,17H,5-8,10,14H2,1H3,(H,15,18). The minimum atomic E-state index is -0.313. The van der Waals surface area contributed by atoms with Gasteiger partial charge in [0, 0.05) is 32.3 Å². The minimum absolute atomic E-state index is 0.0900. The fourth-order valence-electron chi connectivity index (χ4n) is 1.78. The first kappa shape index (κ1) is 15.6. The number of carbonyl (C=O) groups is 1. The summed E-state index contributed by atoms with van der Waals surface area (Å²) in [6, 6.07) is 7.24. The van der Waals surface area contributed by atoms with Gasteiger partial charge in [0.05, 0.1) is 13.2 Å². The quantitative estimate of drug-likeness (QED) is 0.343. The van der Waals surface area contributed by atoms with Crippen LogP contribution in [0.4, 0.5) is 0 Å². The molecule has 0 radical (unpaired) electrons. The molecule has 106 valence electrons. The van der Waals surface area contributed by atoms with E-state index in [2.05, 4.69) is 10.3 Å². The fourth-order valence-corrected chi connectivity index (χ4v) is 1.78. The fraction of sp³-hybridized carbons (Fsp3) is 0.462.